The fraction of sp³-hybridized carbons (Fsp3) is 0.933. The van der Waals surface area contributed by atoms with Gasteiger partial charge in [0.1, 0.15) is 0 Å². The third-order valence-electron chi connectivity index (χ3n) is 4.50. The Morgan fingerprint density at radius 2 is 2.21 bits per heavy atom. The number of rotatable bonds is 8. The molecule has 2 aliphatic rings. The molecule has 4 heteroatoms. The fourth-order valence-corrected chi connectivity index (χ4v) is 3.48. The maximum atomic E-state index is 12.0. The standard InChI is InChI=1S/C15H28N2O2/c1-2-3-11(8-9-16)4-7-15(18)17-13-10-12-5-6-14(13)19-12/h11-14H,2-10,16H2,1H3,(H,17,18). The average Bonchev–Trinajstić information content (AvgIpc) is 2.99. The van der Waals surface area contributed by atoms with Crippen molar-refractivity contribution in [2.45, 2.75) is 76.5 Å². The Labute approximate surface area is 116 Å². The summed E-state index contributed by atoms with van der Waals surface area (Å²) in [5.74, 6) is 0.802. The van der Waals surface area contributed by atoms with Gasteiger partial charge in [-0.25, -0.2) is 0 Å². The van der Waals surface area contributed by atoms with E-state index < -0.39 is 0 Å². The molecule has 0 radical (unpaired) electrons. The summed E-state index contributed by atoms with van der Waals surface area (Å²) in [7, 11) is 0. The van der Waals surface area contributed by atoms with Crippen LogP contribution < -0.4 is 11.1 Å². The summed E-state index contributed by atoms with van der Waals surface area (Å²) in [6.45, 7) is 2.92. The second-order valence-electron chi connectivity index (χ2n) is 6.05. The lowest BCUT2D eigenvalue weighted by Gasteiger charge is -2.21. The zero-order chi connectivity index (χ0) is 13.7. The molecule has 3 N–H and O–H groups in total. The Bertz CT molecular complexity index is 290. The third-order valence-corrected chi connectivity index (χ3v) is 4.50. The van der Waals surface area contributed by atoms with E-state index in [0.717, 1.165) is 32.2 Å². The lowest BCUT2D eigenvalue weighted by Crippen LogP contribution is -2.41. The van der Waals surface area contributed by atoms with Crippen molar-refractivity contribution in [1.82, 2.24) is 5.32 Å². The predicted molar refractivity (Wildman–Crippen MR) is 75.7 cm³/mol. The minimum atomic E-state index is 0.194. The highest BCUT2D eigenvalue weighted by atomic mass is 16.5. The van der Waals surface area contributed by atoms with Crippen LogP contribution in [0.2, 0.25) is 0 Å². The normalized spacial score (nSPS) is 30.5. The molecule has 4 atom stereocenters. The van der Waals surface area contributed by atoms with Crippen LogP contribution in [-0.2, 0) is 9.53 Å². The van der Waals surface area contributed by atoms with Gasteiger partial charge in [0.2, 0.25) is 5.91 Å². The molecule has 0 spiro atoms. The van der Waals surface area contributed by atoms with E-state index in [1.807, 2.05) is 0 Å². The molecule has 0 aromatic carbocycles. The summed E-state index contributed by atoms with van der Waals surface area (Å²) >= 11 is 0. The number of nitrogens with one attached hydrogen (secondary N) is 1. The third kappa shape index (κ3) is 4.18. The summed E-state index contributed by atoms with van der Waals surface area (Å²) in [5, 5.41) is 3.15. The van der Waals surface area contributed by atoms with Crippen LogP contribution in [-0.4, -0.2) is 30.7 Å². The fourth-order valence-electron chi connectivity index (χ4n) is 3.48. The Balaban J connectivity index is 1.66. The molecule has 0 aromatic rings. The molecule has 1 amide bonds. The summed E-state index contributed by atoms with van der Waals surface area (Å²) < 4.78 is 5.76. The van der Waals surface area contributed by atoms with Crippen LogP contribution in [0, 0.1) is 5.92 Å². The molecule has 2 saturated heterocycles. The lowest BCUT2D eigenvalue weighted by molar-refractivity contribution is -0.122. The van der Waals surface area contributed by atoms with Crippen LogP contribution in [0.15, 0.2) is 0 Å². The molecule has 2 fully saturated rings. The van der Waals surface area contributed by atoms with Gasteiger partial charge in [0.25, 0.3) is 0 Å². The van der Waals surface area contributed by atoms with Crippen molar-refractivity contribution in [3.63, 3.8) is 0 Å². The van der Waals surface area contributed by atoms with Gasteiger partial charge in [0.05, 0.1) is 18.2 Å². The largest absolute Gasteiger partial charge is 0.373 e. The molecule has 0 saturated carbocycles. The molecule has 0 aliphatic carbocycles. The summed E-state index contributed by atoms with van der Waals surface area (Å²) in [6.07, 6.45) is 8.99. The highest BCUT2D eigenvalue weighted by molar-refractivity contribution is 5.76. The number of fused-ring (bicyclic) bond motifs is 2. The van der Waals surface area contributed by atoms with Crippen molar-refractivity contribution in [3.05, 3.63) is 0 Å². The highest BCUT2D eigenvalue weighted by Crippen LogP contribution is 2.34. The molecule has 2 rings (SSSR count). The predicted octanol–water partition coefficient (Wildman–Crippen LogP) is 1.97. The second kappa shape index (κ2) is 7.25. The van der Waals surface area contributed by atoms with E-state index >= 15 is 0 Å². The molecule has 2 bridgehead atoms. The minimum Gasteiger partial charge on any atom is -0.373 e. The van der Waals surface area contributed by atoms with Gasteiger partial charge < -0.3 is 15.8 Å². The average molecular weight is 268 g/mol. The summed E-state index contributed by atoms with van der Waals surface area (Å²) in [5.41, 5.74) is 5.62. The molecule has 2 heterocycles. The first-order valence-electron chi connectivity index (χ1n) is 7.87. The number of nitrogens with two attached hydrogens (primary N) is 1. The van der Waals surface area contributed by atoms with Gasteiger partial charge in [-0.15, -0.1) is 0 Å². The van der Waals surface area contributed by atoms with Gasteiger partial charge in [-0.3, -0.25) is 4.79 Å². The van der Waals surface area contributed by atoms with E-state index in [4.69, 9.17) is 10.5 Å². The first-order valence-corrected chi connectivity index (χ1v) is 7.87. The molecule has 4 nitrogen and oxygen atoms in total. The quantitative estimate of drug-likeness (QED) is 0.707. The van der Waals surface area contributed by atoms with Gasteiger partial charge in [-0.1, -0.05) is 19.8 Å². The molecule has 2 aliphatic heterocycles. The van der Waals surface area contributed by atoms with Crippen LogP contribution in [0.4, 0.5) is 0 Å². The Hall–Kier alpha value is -0.610. The van der Waals surface area contributed by atoms with Crippen molar-refractivity contribution in [2.24, 2.45) is 11.7 Å². The Kier molecular flexibility index (Phi) is 5.64. The molecular weight excluding hydrogens is 240 g/mol. The smallest absolute Gasteiger partial charge is 0.220 e. The lowest BCUT2D eigenvalue weighted by atomic mass is 9.93. The van der Waals surface area contributed by atoms with Crippen molar-refractivity contribution in [3.8, 4) is 0 Å². The molecule has 4 unspecified atom stereocenters. The minimum absolute atomic E-state index is 0.194. The number of hydrogen-bond donors (Lipinski definition) is 2. The molecular formula is C15H28N2O2. The first-order chi connectivity index (χ1) is 9.22. The zero-order valence-electron chi connectivity index (χ0n) is 12.1. The second-order valence-corrected chi connectivity index (χ2v) is 6.05. The number of carbonyl (C=O) groups excluding carboxylic acids is 1. The number of amides is 1. The summed E-state index contributed by atoms with van der Waals surface area (Å²) in [6, 6.07) is 0.269. The van der Waals surface area contributed by atoms with E-state index in [1.165, 1.54) is 19.3 Å². The van der Waals surface area contributed by atoms with Crippen molar-refractivity contribution in [1.29, 1.82) is 0 Å². The van der Waals surface area contributed by atoms with E-state index in [2.05, 4.69) is 12.2 Å². The first kappa shape index (κ1) is 14.8. The van der Waals surface area contributed by atoms with Crippen LogP contribution >= 0.6 is 0 Å². The van der Waals surface area contributed by atoms with E-state index in [0.29, 0.717) is 18.4 Å². The van der Waals surface area contributed by atoms with E-state index in [-0.39, 0.29) is 18.1 Å². The topological polar surface area (TPSA) is 64.4 Å². The molecule has 110 valence electrons. The number of carbonyl (C=O) groups is 1. The van der Waals surface area contributed by atoms with Gasteiger partial charge in [-0.2, -0.15) is 0 Å². The Morgan fingerprint density at radius 3 is 2.79 bits per heavy atom. The molecule has 0 aromatic heterocycles. The van der Waals surface area contributed by atoms with Gasteiger partial charge >= 0.3 is 0 Å². The van der Waals surface area contributed by atoms with Crippen molar-refractivity contribution in [2.75, 3.05) is 6.54 Å². The zero-order valence-corrected chi connectivity index (χ0v) is 12.1. The monoisotopic (exact) mass is 268 g/mol. The SMILES string of the molecule is CCCC(CCN)CCC(=O)NC1CC2CCC1O2. The van der Waals surface area contributed by atoms with Crippen LogP contribution in [0.3, 0.4) is 0 Å². The number of hydrogen-bond acceptors (Lipinski definition) is 3. The van der Waals surface area contributed by atoms with E-state index in [1.54, 1.807) is 0 Å². The number of ether oxygens (including phenoxy) is 1. The van der Waals surface area contributed by atoms with Crippen LogP contribution in [0.5, 0.6) is 0 Å². The van der Waals surface area contributed by atoms with Gasteiger partial charge in [0.15, 0.2) is 0 Å². The van der Waals surface area contributed by atoms with Crippen LogP contribution in [0.25, 0.3) is 0 Å². The van der Waals surface area contributed by atoms with E-state index in [9.17, 15) is 4.79 Å². The van der Waals surface area contributed by atoms with Crippen molar-refractivity contribution < 1.29 is 9.53 Å². The van der Waals surface area contributed by atoms with Crippen LogP contribution in [0.1, 0.15) is 58.3 Å². The summed E-state index contributed by atoms with van der Waals surface area (Å²) in [4.78, 5) is 12.0. The van der Waals surface area contributed by atoms with Gasteiger partial charge in [0, 0.05) is 6.42 Å². The molecule has 19 heavy (non-hydrogen) atoms. The maximum absolute atomic E-state index is 12.0. The maximum Gasteiger partial charge on any atom is 0.220 e. The van der Waals surface area contributed by atoms with Gasteiger partial charge in [-0.05, 0) is 44.6 Å². The Morgan fingerprint density at radius 1 is 1.37 bits per heavy atom. The van der Waals surface area contributed by atoms with Crippen molar-refractivity contribution >= 4 is 5.91 Å². The highest BCUT2D eigenvalue weighted by Gasteiger charge is 2.41.